The summed E-state index contributed by atoms with van der Waals surface area (Å²) in [6.45, 7) is 4.13. The van der Waals surface area contributed by atoms with Crippen molar-refractivity contribution in [2.24, 2.45) is 0 Å². The highest BCUT2D eigenvalue weighted by molar-refractivity contribution is 5.93. The van der Waals surface area contributed by atoms with Crippen LogP contribution in [0.5, 0.6) is 0 Å². The molecular weight excluding hydrogens is 332 g/mol. The van der Waals surface area contributed by atoms with E-state index in [1.165, 1.54) is 0 Å². The number of rotatable bonds is 6. The van der Waals surface area contributed by atoms with E-state index in [0.717, 1.165) is 12.0 Å². The Morgan fingerprint density at radius 1 is 1.15 bits per heavy atom. The summed E-state index contributed by atoms with van der Waals surface area (Å²) in [4.78, 5) is 26.9. The van der Waals surface area contributed by atoms with Crippen LogP contribution in [0.2, 0.25) is 0 Å². The fourth-order valence-electron chi connectivity index (χ4n) is 2.44. The summed E-state index contributed by atoms with van der Waals surface area (Å²) in [7, 11) is 1.76. The molecule has 0 aliphatic heterocycles. The normalized spacial score (nSPS) is 10.6. The molecule has 0 aromatic carbocycles. The minimum atomic E-state index is -0.163. The second-order valence-electron chi connectivity index (χ2n) is 5.97. The van der Waals surface area contributed by atoms with Gasteiger partial charge in [0.15, 0.2) is 5.82 Å². The number of amides is 1. The molecule has 26 heavy (non-hydrogen) atoms. The first kappa shape index (κ1) is 17.5. The third-order valence-corrected chi connectivity index (χ3v) is 3.77. The van der Waals surface area contributed by atoms with E-state index in [9.17, 15) is 4.79 Å². The van der Waals surface area contributed by atoms with Gasteiger partial charge in [0.1, 0.15) is 23.1 Å². The van der Waals surface area contributed by atoms with Gasteiger partial charge in [0.25, 0.3) is 5.91 Å². The third-order valence-electron chi connectivity index (χ3n) is 3.77. The summed E-state index contributed by atoms with van der Waals surface area (Å²) in [5.41, 5.74) is 1.46. The zero-order valence-electron chi connectivity index (χ0n) is 14.9. The van der Waals surface area contributed by atoms with Crippen LogP contribution in [-0.2, 0) is 6.42 Å². The molecule has 0 unspecified atom stereocenters. The van der Waals surface area contributed by atoms with Crippen molar-refractivity contribution in [2.75, 3.05) is 18.9 Å². The first-order valence-corrected chi connectivity index (χ1v) is 8.21. The van der Waals surface area contributed by atoms with Gasteiger partial charge in [-0.3, -0.25) is 9.78 Å². The van der Waals surface area contributed by atoms with Crippen LogP contribution >= 0.6 is 0 Å². The number of hydrogen-bond acceptors (Lipinski definition) is 7. The van der Waals surface area contributed by atoms with Crippen molar-refractivity contribution < 1.29 is 9.32 Å². The van der Waals surface area contributed by atoms with E-state index in [1.807, 2.05) is 12.1 Å². The highest BCUT2D eigenvalue weighted by Crippen LogP contribution is 2.16. The van der Waals surface area contributed by atoms with Crippen molar-refractivity contribution >= 4 is 17.5 Å². The molecule has 0 atom stereocenters. The zero-order chi connectivity index (χ0) is 18.5. The molecular formula is C18H20N6O2. The van der Waals surface area contributed by atoms with Gasteiger partial charge < -0.3 is 14.7 Å². The minimum Gasteiger partial charge on any atom is -0.360 e. The van der Waals surface area contributed by atoms with Gasteiger partial charge in [-0.25, -0.2) is 9.97 Å². The number of likely N-dealkylation sites (N-methyl/N-ethyl adjacent to an activating group) is 1. The highest BCUT2D eigenvalue weighted by Gasteiger charge is 2.16. The predicted octanol–water partition coefficient (Wildman–Crippen LogP) is 2.53. The Balaban J connectivity index is 1.69. The van der Waals surface area contributed by atoms with Crippen molar-refractivity contribution in [1.82, 2.24) is 25.0 Å². The van der Waals surface area contributed by atoms with Crippen molar-refractivity contribution in [3.8, 4) is 0 Å². The molecule has 8 nitrogen and oxygen atoms in total. The van der Waals surface area contributed by atoms with Gasteiger partial charge in [-0.1, -0.05) is 5.16 Å². The lowest BCUT2D eigenvalue weighted by molar-refractivity contribution is 0.0790. The van der Waals surface area contributed by atoms with Crippen LogP contribution in [0.4, 0.5) is 11.6 Å². The molecule has 3 rings (SSSR count). The van der Waals surface area contributed by atoms with Crippen LogP contribution in [0, 0.1) is 13.8 Å². The lowest BCUT2D eigenvalue weighted by Gasteiger charge is -2.17. The fraction of sp³-hybridized carbons (Fsp3) is 0.278. The Kier molecular flexibility index (Phi) is 5.21. The van der Waals surface area contributed by atoms with Gasteiger partial charge in [-0.15, -0.1) is 0 Å². The summed E-state index contributed by atoms with van der Waals surface area (Å²) in [5, 5.41) is 6.89. The SMILES string of the molecule is Cc1nc(Nc2cc(C)on2)cc(C(=O)N(C)CCc2ccncc2)n1. The first-order chi connectivity index (χ1) is 12.5. The second kappa shape index (κ2) is 7.73. The van der Waals surface area contributed by atoms with Gasteiger partial charge in [-0.2, -0.15) is 0 Å². The van der Waals surface area contributed by atoms with Gasteiger partial charge in [0.05, 0.1) is 0 Å². The van der Waals surface area contributed by atoms with E-state index in [4.69, 9.17) is 4.52 Å². The second-order valence-corrected chi connectivity index (χ2v) is 5.97. The molecule has 134 valence electrons. The van der Waals surface area contributed by atoms with Gasteiger partial charge >= 0.3 is 0 Å². The van der Waals surface area contributed by atoms with Crippen LogP contribution in [0.15, 0.2) is 41.2 Å². The Labute approximate surface area is 151 Å². The molecule has 1 amide bonds. The van der Waals surface area contributed by atoms with Crippen LogP contribution in [0.1, 0.15) is 27.6 Å². The Morgan fingerprint density at radius 2 is 1.92 bits per heavy atom. The number of carbonyl (C=O) groups is 1. The van der Waals surface area contributed by atoms with Crippen molar-refractivity contribution in [1.29, 1.82) is 0 Å². The molecule has 8 heteroatoms. The molecule has 0 saturated carbocycles. The molecule has 3 heterocycles. The topological polar surface area (TPSA) is 97.0 Å². The van der Waals surface area contributed by atoms with Gasteiger partial charge in [0, 0.05) is 38.1 Å². The highest BCUT2D eigenvalue weighted by atomic mass is 16.5. The number of aromatic nitrogens is 4. The first-order valence-electron chi connectivity index (χ1n) is 8.21. The molecule has 3 aromatic heterocycles. The van der Waals surface area contributed by atoms with E-state index in [1.54, 1.807) is 50.3 Å². The standard InChI is InChI=1S/C18H20N6O2/c1-12-10-17(23-26-12)22-16-11-15(20-13(2)21-16)18(25)24(3)9-6-14-4-7-19-8-5-14/h4-5,7-8,10-11H,6,9H2,1-3H3,(H,20,21,22,23). The summed E-state index contributed by atoms with van der Waals surface area (Å²) >= 11 is 0. The van der Waals surface area contributed by atoms with E-state index in [-0.39, 0.29) is 5.91 Å². The number of nitrogens with one attached hydrogen (secondary N) is 1. The Hall–Kier alpha value is -3.29. The minimum absolute atomic E-state index is 0.163. The lowest BCUT2D eigenvalue weighted by atomic mass is 10.2. The van der Waals surface area contributed by atoms with Crippen molar-refractivity contribution in [3.63, 3.8) is 0 Å². The maximum Gasteiger partial charge on any atom is 0.272 e. The number of carbonyl (C=O) groups excluding carboxylic acids is 1. The number of aryl methyl sites for hydroxylation is 2. The molecule has 0 spiro atoms. The zero-order valence-corrected chi connectivity index (χ0v) is 14.9. The monoisotopic (exact) mass is 352 g/mol. The van der Waals surface area contributed by atoms with E-state index in [2.05, 4.69) is 25.4 Å². The number of nitrogens with zero attached hydrogens (tertiary/aromatic N) is 5. The quantitative estimate of drug-likeness (QED) is 0.728. The largest absolute Gasteiger partial charge is 0.360 e. The molecule has 0 aliphatic carbocycles. The average Bonchev–Trinajstić information content (AvgIpc) is 3.04. The van der Waals surface area contributed by atoms with Gasteiger partial charge in [-0.05, 0) is 38.0 Å². The van der Waals surface area contributed by atoms with E-state index < -0.39 is 0 Å². The maximum atomic E-state index is 12.7. The average molecular weight is 352 g/mol. The van der Waals surface area contributed by atoms with Crippen LogP contribution in [0.3, 0.4) is 0 Å². The maximum absolute atomic E-state index is 12.7. The lowest BCUT2D eigenvalue weighted by Crippen LogP contribution is -2.30. The van der Waals surface area contributed by atoms with Crippen molar-refractivity contribution in [2.45, 2.75) is 20.3 Å². The molecule has 0 bridgehead atoms. The summed E-state index contributed by atoms with van der Waals surface area (Å²) in [5.74, 6) is 2.05. The summed E-state index contributed by atoms with van der Waals surface area (Å²) < 4.78 is 5.02. The molecule has 1 N–H and O–H groups in total. The Bertz CT molecular complexity index is 894. The molecule has 0 aliphatic rings. The number of hydrogen-bond donors (Lipinski definition) is 1. The number of anilines is 2. The van der Waals surface area contributed by atoms with Crippen LogP contribution in [-0.4, -0.2) is 44.5 Å². The summed E-state index contributed by atoms with van der Waals surface area (Å²) in [6, 6.07) is 7.24. The smallest absolute Gasteiger partial charge is 0.272 e. The van der Waals surface area contributed by atoms with Crippen LogP contribution < -0.4 is 5.32 Å². The molecule has 0 fully saturated rings. The predicted molar refractivity (Wildman–Crippen MR) is 96.2 cm³/mol. The molecule has 0 saturated heterocycles. The molecule has 3 aromatic rings. The Morgan fingerprint density at radius 3 is 2.62 bits per heavy atom. The van der Waals surface area contributed by atoms with E-state index in [0.29, 0.717) is 35.5 Å². The number of pyridine rings is 1. The van der Waals surface area contributed by atoms with Crippen molar-refractivity contribution in [3.05, 3.63) is 59.5 Å². The van der Waals surface area contributed by atoms with Crippen LogP contribution in [0.25, 0.3) is 0 Å². The molecule has 0 radical (unpaired) electrons. The van der Waals surface area contributed by atoms with E-state index >= 15 is 0 Å². The summed E-state index contributed by atoms with van der Waals surface area (Å²) in [6.07, 6.45) is 4.24. The van der Waals surface area contributed by atoms with Gasteiger partial charge in [0.2, 0.25) is 0 Å². The third kappa shape index (κ3) is 4.41. The fourth-order valence-corrected chi connectivity index (χ4v) is 2.44.